The van der Waals surface area contributed by atoms with Crippen molar-refractivity contribution in [1.82, 2.24) is 14.2 Å². The van der Waals surface area contributed by atoms with Gasteiger partial charge in [-0.15, -0.1) is 0 Å². The number of aromatic nitrogens is 1. The molecule has 0 atom stereocenters. The number of ether oxygens (including phenoxy) is 1. The Morgan fingerprint density at radius 1 is 1.19 bits per heavy atom. The molecular weight excluding hydrogens is 442 g/mol. The lowest BCUT2D eigenvalue weighted by Crippen LogP contribution is -2.48. The van der Waals surface area contributed by atoms with E-state index < -0.39 is 10.0 Å². The third-order valence-corrected chi connectivity index (χ3v) is 7.04. The van der Waals surface area contributed by atoms with Crippen LogP contribution >= 0.6 is 11.6 Å². The van der Waals surface area contributed by atoms with E-state index in [1.807, 2.05) is 17.0 Å². The SMILES string of the molecule is COc1ccc(NC(=O)CN2CCN(c3ccc(Cl)cn3)CC2)cc1S(=O)(=O)N(C)C. The van der Waals surface area contributed by atoms with Gasteiger partial charge in [0.15, 0.2) is 0 Å². The highest BCUT2D eigenvalue weighted by molar-refractivity contribution is 7.89. The number of nitrogens with zero attached hydrogens (tertiary/aromatic N) is 4. The van der Waals surface area contributed by atoms with Crippen molar-refractivity contribution >= 4 is 39.0 Å². The van der Waals surface area contributed by atoms with Gasteiger partial charge in [0.25, 0.3) is 0 Å². The van der Waals surface area contributed by atoms with Crippen molar-refractivity contribution in [3.63, 3.8) is 0 Å². The summed E-state index contributed by atoms with van der Waals surface area (Å²) in [6.07, 6.45) is 1.62. The molecule has 1 saturated heterocycles. The van der Waals surface area contributed by atoms with Crippen molar-refractivity contribution in [3.05, 3.63) is 41.6 Å². The Kier molecular flexibility index (Phi) is 7.37. The summed E-state index contributed by atoms with van der Waals surface area (Å²) in [7, 11) is 0.578. The van der Waals surface area contributed by atoms with Crippen LogP contribution < -0.4 is 15.0 Å². The quantitative estimate of drug-likeness (QED) is 0.662. The molecule has 0 aliphatic carbocycles. The number of hydrogen-bond donors (Lipinski definition) is 1. The molecule has 1 aromatic heterocycles. The Morgan fingerprint density at radius 2 is 1.90 bits per heavy atom. The summed E-state index contributed by atoms with van der Waals surface area (Å²) >= 11 is 5.89. The maximum absolute atomic E-state index is 12.5. The van der Waals surface area contributed by atoms with Crippen molar-refractivity contribution in [2.24, 2.45) is 0 Å². The Morgan fingerprint density at radius 3 is 2.48 bits per heavy atom. The maximum atomic E-state index is 12.5. The van der Waals surface area contributed by atoms with Crippen LogP contribution in [0.15, 0.2) is 41.4 Å². The van der Waals surface area contributed by atoms with Crippen LogP contribution in [0.1, 0.15) is 0 Å². The normalized spacial score (nSPS) is 15.2. The largest absolute Gasteiger partial charge is 0.495 e. The Labute approximate surface area is 187 Å². The summed E-state index contributed by atoms with van der Waals surface area (Å²) < 4.78 is 31.4. The molecule has 168 valence electrons. The monoisotopic (exact) mass is 467 g/mol. The standard InChI is InChI=1S/C20H26ClN5O4S/c1-24(2)31(28,29)18-12-16(5-6-17(18)30-3)23-20(27)14-25-8-10-26(11-9-25)19-7-4-15(21)13-22-19/h4-7,12-13H,8-11,14H2,1-3H3,(H,23,27). The summed E-state index contributed by atoms with van der Waals surface area (Å²) in [4.78, 5) is 21.1. The number of rotatable bonds is 7. The number of pyridine rings is 1. The van der Waals surface area contributed by atoms with Crippen LogP contribution in [0, 0.1) is 0 Å². The number of methoxy groups -OCH3 is 1. The van der Waals surface area contributed by atoms with Crippen molar-refractivity contribution in [2.75, 3.05) is 64.1 Å². The van der Waals surface area contributed by atoms with E-state index in [1.165, 1.54) is 33.3 Å². The van der Waals surface area contributed by atoms with Crippen LogP contribution in [-0.4, -0.2) is 82.4 Å². The van der Waals surface area contributed by atoms with Gasteiger partial charge in [0, 0.05) is 52.2 Å². The second-order valence-corrected chi connectivity index (χ2v) is 9.86. The topological polar surface area (TPSA) is 95.1 Å². The highest BCUT2D eigenvalue weighted by atomic mass is 35.5. The van der Waals surface area contributed by atoms with Gasteiger partial charge in [-0.05, 0) is 30.3 Å². The van der Waals surface area contributed by atoms with E-state index in [1.54, 1.807) is 12.3 Å². The van der Waals surface area contributed by atoms with Gasteiger partial charge in [0.05, 0.1) is 18.7 Å². The molecule has 0 bridgehead atoms. The molecule has 3 rings (SSSR count). The van der Waals surface area contributed by atoms with Gasteiger partial charge in [-0.3, -0.25) is 9.69 Å². The van der Waals surface area contributed by atoms with Crippen LogP contribution in [-0.2, 0) is 14.8 Å². The molecule has 0 radical (unpaired) electrons. The first-order valence-corrected chi connectivity index (χ1v) is 11.5. The molecule has 2 heterocycles. The lowest BCUT2D eigenvalue weighted by atomic mass is 10.2. The van der Waals surface area contributed by atoms with E-state index in [0.717, 1.165) is 23.2 Å². The summed E-state index contributed by atoms with van der Waals surface area (Å²) in [5.41, 5.74) is 0.398. The predicted octanol–water partition coefficient (Wildman–Crippen LogP) is 1.75. The number of halogens is 1. The Bertz CT molecular complexity index is 1020. The van der Waals surface area contributed by atoms with E-state index in [2.05, 4.69) is 15.2 Å². The highest BCUT2D eigenvalue weighted by Gasteiger charge is 2.24. The van der Waals surface area contributed by atoms with Gasteiger partial charge < -0.3 is 15.0 Å². The van der Waals surface area contributed by atoms with E-state index in [0.29, 0.717) is 23.8 Å². The minimum atomic E-state index is -3.71. The van der Waals surface area contributed by atoms with E-state index in [-0.39, 0.29) is 23.1 Å². The van der Waals surface area contributed by atoms with E-state index >= 15 is 0 Å². The van der Waals surface area contributed by atoms with Crippen molar-refractivity contribution in [2.45, 2.75) is 4.90 Å². The molecular formula is C20H26ClN5O4S. The van der Waals surface area contributed by atoms with Gasteiger partial charge >= 0.3 is 0 Å². The summed E-state index contributed by atoms with van der Waals surface area (Å²) in [5, 5.41) is 3.38. The van der Waals surface area contributed by atoms with Crippen molar-refractivity contribution in [3.8, 4) is 5.75 Å². The van der Waals surface area contributed by atoms with Crippen LogP contribution in [0.2, 0.25) is 5.02 Å². The molecule has 1 amide bonds. The fraction of sp³-hybridized carbons (Fsp3) is 0.400. The number of piperazine rings is 1. The number of carbonyl (C=O) groups is 1. The maximum Gasteiger partial charge on any atom is 0.246 e. The first kappa shape index (κ1) is 23.3. The van der Waals surface area contributed by atoms with Crippen LogP contribution in [0.25, 0.3) is 0 Å². The molecule has 1 aliphatic heterocycles. The average Bonchev–Trinajstić information content (AvgIpc) is 2.74. The first-order chi connectivity index (χ1) is 14.7. The minimum absolute atomic E-state index is 0.00174. The van der Waals surface area contributed by atoms with Crippen molar-refractivity contribution < 1.29 is 17.9 Å². The molecule has 1 fully saturated rings. The third kappa shape index (κ3) is 5.65. The number of carbonyl (C=O) groups excluding carboxylic acids is 1. The zero-order valence-electron chi connectivity index (χ0n) is 17.7. The number of nitrogens with one attached hydrogen (secondary N) is 1. The molecule has 1 aromatic carbocycles. The Hall–Kier alpha value is -2.40. The highest BCUT2D eigenvalue weighted by Crippen LogP contribution is 2.28. The number of amides is 1. The van der Waals surface area contributed by atoms with Crippen LogP contribution in [0.4, 0.5) is 11.5 Å². The molecule has 2 aromatic rings. The summed E-state index contributed by atoms with van der Waals surface area (Å²) in [6, 6.07) is 8.26. The van der Waals surface area contributed by atoms with Crippen molar-refractivity contribution in [1.29, 1.82) is 0 Å². The zero-order chi connectivity index (χ0) is 22.6. The van der Waals surface area contributed by atoms with Crippen LogP contribution in [0.3, 0.4) is 0 Å². The smallest absolute Gasteiger partial charge is 0.246 e. The second kappa shape index (κ2) is 9.82. The lowest BCUT2D eigenvalue weighted by molar-refractivity contribution is -0.117. The number of sulfonamides is 1. The number of hydrogen-bond acceptors (Lipinski definition) is 7. The fourth-order valence-corrected chi connectivity index (χ4v) is 4.43. The molecule has 0 spiro atoms. The lowest BCUT2D eigenvalue weighted by Gasteiger charge is -2.35. The Balaban J connectivity index is 1.59. The van der Waals surface area contributed by atoms with Gasteiger partial charge in [0.2, 0.25) is 15.9 Å². The molecule has 31 heavy (non-hydrogen) atoms. The number of benzene rings is 1. The van der Waals surface area contributed by atoms with E-state index in [4.69, 9.17) is 16.3 Å². The molecule has 9 nitrogen and oxygen atoms in total. The van der Waals surface area contributed by atoms with Crippen LogP contribution in [0.5, 0.6) is 5.75 Å². The average molecular weight is 468 g/mol. The molecule has 1 aliphatic rings. The fourth-order valence-electron chi connectivity index (χ4n) is 3.25. The van der Waals surface area contributed by atoms with E-state index in [9.17, 15) is 13.2 Å². The zero-order valence-corrected chi connectivity index (χ0v) is 19.3. The molecule has 1 N–H and O–H groups in total. The van der Waals surface area contributed by atoms with Gasteiger partial charge in [-0.2, -0.15) is 0 Å². The van der Waals surface area contributed by atoms with Gasteiger partial charge in [-0.25, -0.2) is 17.7 Å². The van der Waals surface area contributed by atoms with Gasteiger partial charge in [-0.1, -0.05) is 11.6 Å². The summed E-state index contributed by atoms with van der Waals surface area (Å²) in [6.45, 7) is 3.12. The number of anilines is 2. The van der Waals surface area contributed by atoms with Gasteiger partial charge in [0.1, 0.15) is 16.5 Å². The minimum Gasteiger partial charge on any atom is -0.495 e. The predicted molar refractivity (Wildman–Crippen MR) is 120 cm³/mol. The molecule has 11 heteroatoms. The summed E-state index contributed by atoms with van der Waals surface area (Å²) in [5.74, 6) is 0.872. The third-order valence-electron chi connectivity index (χ3n) is 4.98. The molecule has 0 unspecified atom stereocenters. The second-order valence-electron chi connectivity index (χ2n) is 7.30. The first-order valence-electron chi connectivity index (χ1n) is 9.70. The molecule has 0 saturated carbocycles.